The average Bonchev–Trinajstić information content (AvgIpc) is 2.36. The third kappa shape index (κ3) is 3.71. The van der Waals surface area contributed by atoms with Gasteiger partial charge in [-0.15, -0.1) is 0 Å². The molecule has 0 bridgehead atoms. The van der Waals surface area contributed by atoms with Gasteiger partial charge in [-0.3, -0.25) is 4.98 Å². The third-order valence-electron chi connectivity index (χ3n) is 2.41. The number of rotatable bonds is 4. The summed E-state index contributed by atoms with van der Waals surface area (Å²) in [5, 5.41) is 0. The van der Waals surface area contributed by atoms with Crippen molar-refractivity contribution in [3.63, 3.8) is 0 Å². The maximum Gasteiger partial charge on any atom is 0.139 e. The summed E-state index contributed by atoms with van der Waals surface area (Å²) in [4.78, 5) is 4.19. The number of hydrogen-bond acceptors (Lipinski definition) is 3. The van der Waals surface area contributed by atoms with Crippen LogP contribution in [0, 0.1) is 5.82 Å². The largest absolute Gasteiger partial charge is 0.487 e. The first kappa shape index (κ1) is 13.9. The smallest absolute Gasteiger partial charge is 0.139 e. The van der Waals surface area contributed by atoms with Gasteiger partial charge in [0.15, 0.2) is 0 Å². The summed E-state index contributed by atoms with van der Waals surface area (Å²) in [6.07, 6.45) is 3.22. The van der Waals surface area contributed by atoms with Crippen LogP contribution in [-0.4, -0.2) is 9.97 Å². The maximum absolute atomic E-state index is 13.2. The van der Waals surface area contributed by atoms with E-state index < -0.39 is 0 Å². The molecule has 2 N–H and O–H groups in total. The Bertz CT molecular complexity index is 621. The molecule has 0 saturated heterocycles. The van der Waals surface area contributed by atoms with Crippen molar-refractivity contribution in [3.8, 4) is 5.75 Å². The number of halogens is 2. The van der Waals surface area contributed by atoms with E-state index >= 15 is 0 Å². The summed E-state index contributed by atoms with van der Waals surface area (Å²) in [5.74, 6) is 0.221. The van der Waals surface area contributed by atoms with Crippen LogP contribution in [0.25, 0.3) is 0 Å². The number of ether oxygens (including phenoxy) is 1. The molecule has 0 aliphatic carbocycles. The van der Waals surface area contributed by atoms with Crippen molar-refractivity contribution in [2.75, 3.05) is 0 Å². The van der Waals surface area contributed by atoms with Gasteiger partial charge in [0.2, 0.25) is 0 Å². The molecule has 0 aliphatic heterocycles. The molecule has 0 spiro atoms. The van der Waals surface area contributed by atoms with Gasteiger partial charge in [-0.1, -0.05) is 12.2 Å². The van der Waals surface area contributed by atoms with Crippen LogP contribution in [-0.2, 0) is 6.61 Å². The van der Waals surface area contributed by atoms with Gasteiger partial charge < -0.3 is 10.5 Å². The monoisotopic (exact) mass is 340 g/mol. The van der Waals surface area contributed by atoms with Gasteiger partial charge in [0.25, 0.3) is 0 Å². The lowest BCUT2D eigenvalue weighted by atomic mass is 10.1. The topological polar surface area (TPSA) is 48.1 Å². The van der Waals surface area contributed by atoms with Crippen molar-refractivity contribution < 1.29 is 9.13 Å². The molecule has 98 valence electrons. The number of benzene rings is 1. The summed E-state index contributed by atoms with van der Waals surface area (Å²) in [6, 6.07) is 6.00. The molecule has 1 heterocycles. The highest BCUT2D eigenvalue weighted by atomic mass is 79.9. The van der Waals surface area contributed by atoms with Crippen molar-refractivity contribution in [3.05, 3.63) is 58.1 Å². The molecule has 1 aromatic carbocycles. The fourth-order valence-electron chi connectivity index (χ4n) is 1.55. The number of hydrogen-bond donors (Lipinski definition) is 1. The molecule has 0 amide bonds. The molecular weight excluding hydrogens is 331 g/mol. The van der Waals surface area contributed by atoms with Crippen molar-refractivity contribution in [2.45, 2.75) is 6.61 Å². The van der Waals surface area contributed by atoms with Crippen molar-refractivity contribution in [2.24, 2.45) is 5.73 Å². The first-order chi connectivity index (χ1) is 9.06. The van der Waals surface area contributed by atoms with Crippen LogP contribution in [0.2, 0.25) is 0 Å². The fraction of sp³-hybridized carbons (Fsp3) is 0.0769. The molecule has 6 heteroatoms. The minimum Gasteiger partial charge on any atom is -0.487 e. The van der Waals surface area contributed by atoms with Crippen LogP contribution in [0.5, 0.6) is 5.75 Å². The Balaban J connectivity index is 2.19. The van der Waals surface area contributed by atoms with E-state index in [1.165, 1.54) is 12.1 Å². The Kier molecular flexibility index (Phi) is 4.44. The molecule has 0 atom stereocenters. The minimum absolute atomic E-state index is 0.169. The summed E-state index contributed by atoms with van der Waals surface area (Å²) in [5.41, 5.74) is 6.81. The standard InChI is InChI=1S/C13H10BrFN2OS/c14-9-4-11(6-17-5-9)18-7-8-3-10(15)1-2-12(8)13(16)19/h1-6H,7H2,(H2,16,19). The zero-order chi connectivity index (χ0) is 13.8. The van der Waals surface area contributed by atoms with E-state index in [-0.39, 0.29) is 17.4 Å². The van der Waals surface area contributed by atoms with Crippen LogP contribution in [0.15, 0.2) is 41.1 Å². The minimum atomic E-state index is -0.356. The Morgan fingerprint density at radius 1 is 1.37 bits per heavy atom. The summed E-state index contributed by atoms with van der Waals surface area (Å²) in [7, 11) is 0. The molecule has 3 nitrogen and oxygen atoms in total. The van der Waals surface area contributed by atoms with Gasteiger partial charge in [0, 0.05) is 21.8 Å². The summed E-state index contributed by atoms with van der Waals surface area (Å²) >= 11 is 8.22. The van der Waals surface area contributed by atoms with Crippen LogP contribution in [0.1, 0.15) is 11.1 Å². The number of nitrogens with two attached hydrogens (primary N) is 1. The predicted octanol–water partition coefficient (Wildman–Crippen LogP) is 3.20. The SMILES string of the molecule is NC(=S)c1ccc(F)cc1COc1cncc(Br)c1. The van der Waals surface area contributed by atoms with Gasteiger partial charge in [-0.05, 0) is 40.2 Å². The zero-order valence-corrected chi connectivity index (χ0v) is 12.2. The van der Waals surface area contributed by atoms with E-state index in [1.54, 1.807) is 24.5 Å². The van der Waals surface area contributed by atoms with Crippen molar-refractivity contribution >= 4 is 33.1 Å². The second-order valence-electron chi connectivity index (χ2n) is 3.79. The lowest BCUT2D eigenvalue weighted by Gasteiger charge is -2.10. The Morgan fingerprint density at radius 2 is 2.16 bits per heavy atom. The van der Waals surface area contributed by atoms with Gasteiger partial charge in [0.05, 0.1) is 6.20 Å². The highest BCUT2D eigenvalue weighted by molar-refractivity contribution is 9.10. The average molecular weight is 341 g/mol. The van der Waals surface area contributed by atoms with Crippen molar-refractivity contribution in [1.82, 2.24) is 4.98 Å². The number of nitrogens with zero attached hydrogens (tertiary/aromatic N) is 1. The van der Waals surface area contributed by atoms with Crippen molar-refractivity contribution in [1.29, 1.82) is 0 Å². The second kappa shape index (κ2) is 6.08. The quantitative estimate of drug-likeness (QED) is 0.868. The highest BCUT2D eigenvalue weighted by Gasteiger charge is 2.08. The Labute approximate surface area is 123 Å². The van der Waals surface area contributed by atoms with Crippen LogP contribution >= 0.6 is 28.1 Å². The molecule has 2 aromatic rings. The predicted molar refractivity (Wildman–Crippen MR) is 78.6 cm³/mol. The highest BCUT2D eigenvalue weighted by Crippen LogP contribution is 2.19. The second-order valence-corrected chi connectivity index (χ2v) is 5.15. The molecule has 0 unspecified atom stereocenters. The molecule has 0 fully saturated rings. The molecule has 0 saturated carbocycles. The van der Waals surface area contributed by atoms with Gasteiger partial charge in [-0.25, -0.2) is 4.39 Å². The molecule has 0 aliphatic rings. The van der Waals surface area contributed by atoms with E-state index in [4.69, 9.17) is 22.7 Å². The van der Waals surface area contributed by atoms with Crippen LogP contribution < -0.4 is 10.5 Å². The zero-order valence-electron chi connectivity index (χ0n) is 9.77. The van der Waals surface area contributed by atoms with Gasteiger partial charge in [0.1, 0.15) is 23.2 Å². The van der Waals surface area contributed by atoms with E-state index in [0.717, 1.165) is 4.47 Å². The maximum atomic E-state index is 13.2. The molecule has 0 radical (unpaired) electrons. The van der Waals surface area contributed by atoms with Crippen LogP contribution in [0.4, 0.5) is 4.39 Å². The summed E-state index contributed by atoms with van der Waals surface area (Å²) < 4.78 is 19.6. The Morgan fingerprint density at radius 3 is 2.84 bits per heavy atom. The number of aromatic nitrogens is 1. The number of thiocarbonyl (C=S) groups is 1. The fourth-order valence-corrected chi connectivity index (χ4v) is 2.10. The van der Waals surface area contributed by atoms with E-state index in [9.17, 15) is 4.39 Å². The molecule has 1 aromatic heterocycles. The summed E-state index contributed by atoms with van der Waals surface area (Å²) in [6.45, 7) is 0.169. The van der Waals surface area contributed by atoms with E-state index in [1.807, 2.05) is 0 Å². The molecule has 2 rings (SSSR count). The molecule has 19 heavy (non-hydrogen) atoms. The number of pyridine rings is 1. The van der Waals surface area contributed by atoms with E-state index in [2.05, 4.69) is 20.9 Å². The van der Waals surface area contributed by atoms with Gasteiger partial charge >= 0.3 is 0 Å². The third-order valence-corrected chi connectivity index (χ3v) is 3.06. The molecular formula is C13H10BrFN2OS. The van der Waals surface area contributed by atoms with E-state index in [0.29, 0.717) is 16.9 Å². The first-order valence-corrected chi connectivity index (χ1v) is 6.58. The lowest BCUT2D eigenvalue weighted by Crippen LogP contribution is -2.13. The van der Waals surface area contributed by atoms with Crippen LogP contribution in [0.3, 0.4) is 0 Å². The Hall–Kier alpha value is -1.53. The first-order valence-electron chi connectivity index (χ1n) is 5.38. The lowest BCUT2D eigenvalue weighted by molar-refractivity contribution is 0.304. The van der Waals surface area contributed by atoms with Gasteiger partial charge in [-0.2, -0.15) is 0 Å². The normalized spacial score (nSPS) is 10.2.